The van der Waals surface area contributed by atoms with Crippen molar-refractivity contribution in [2.24, 2.45) is 23.7 Å². The van der Waals surface area contributed by atoms with E-state index in [9.17, 15) is 4.79 Å². The highest BCUT2D eigenvalue weighted by Gasteiger charge is 2.57. The maximum absolute atomic E-state index is 11.9. The molecule has 0 N–H and O–H groups in total. The highest BCUT2D eigenvalue weighted by Crippen LogP contribution is 2.53. The van der Waals surface area contributed by atoms with Crippen molar-refractivity contribution < 1.29 is 14.3 Å². The Morgan fingerprint density at radius 2 is 2.04 bits per heavy atom. The molecule has 0 saturated carbocycles. The molecule has 0 radical (unpaired) electrons. The Balaban J connectivity index is 2.06. The molecular formula is C22H34O3. The molecular weight excluding hydrogens is 312 g/mol. The van der Waals surface area contributed by atoms with Crippen LogP contribution in [0.5, 0.6) is 0 Å². The van der Waals surface area contributed by atoms with Gasteiger partial charge in [0.25, 0.3) is 0 Å². The average molecular weight is 347 g/mol. The lowest BCUT2D eigenvalue weighted by Crippen LogP contribution is -2.50. The number of hydrogen-bond acceptors (Lipinski definition) is 3. The summed E-state index contributed by atoms with van der Waals surface area (Å²) in [4.78, 5) is 11.9. The summed E-state index contributed by atoms with van der Waals surface area (Å²) in [6, 6.07) is 0. The van der Waals surface area contributed by atoms with Crippen LogP contribution in [-0.4, -0.2) is 23.8 Å². The topological polar surface area (TPSA) is 35.5 Å². The SMILES string of the molecule is CC(=O)O[C@]1(C)CCC=C(C)C[C@H]2O[C@@H]1[C@H]1[C@@H]2C(C)=CC[C@@H]1C(C)C. The van der Waals surface area contributed by atoms with E-state index in [2.05, 4.69) is 46.8 Å². The van der Waals surface area contributed by atoms with Gasteiger partial charge in [-0.15, -0.1) is 0 Å². The fourth-order valence-electron chi connectivity index (χ4n) is 5.53. The minimum Gasteiger partial charge on any atom is -0.457 e. The quantitative estimate of drug-likeness (QED) is 0.518. The molecule has 25 heavy (non-hydrogen) atoms. The lowest BCUT2D eigenvalue weighted by atomic mass is 9.63. The van der Waals surface area contributed by atoms with Crippen molar-refractivity contribution in [3.8, 4) is 0 Å². The molecule has 6 atom stereocenters. The van der Waals surface area contributed by atoms with Gasteiger partial charge < -0.3 is 9.47 Å². The zero-order valence-corrected chi connectivity index (χ0v) is 16.7. The Kier molecular flexibility index (Phi) is 5.16. The van der Waals surface area contributed by atoms with E-state index in [0.29, 0.717) is 23.7 Å². The summed E-state index contributed by atoms with van der Waals surface area (Å²) in [5.74, 6) is 1.87. The normalized spacial score (nSPS) is 41.2. The predicted octanol–water partition coefficient (Wildman–Crippen LogP) is 5.06. The highest BCUT2D eigenvalue weighted by molar-refractivity contribution is 5.66. The van der Waals surface area contributed by atoms with Gasteiger partial charge in [0, 0.05) is 18.8 Å². The number of fused-ring (bicyclic) bond motifs is 5. The lowest BCUT2D eigenvalue weighted by Gasteiger charge is -2.43. The van der Waals surface area contributed by atoms with Crippen LogP contribution in [0, 0.1) is 23.7 Å². The van der Waals surface area contributed by atoms with Gasteiger partial charge in [-0.3, -0.25) is 4.79 Å². The number of esters is 1. The molecule has 0 amide bonds. The Bertz CT molecular complexity index is 588. The van der Waals surface area contributed by atoms with Gasteiger partial charge in [0.2, 0.25) is 0 Å². The van der Waals surface area contributed by atoms with Crippen LogP contribution < -0.4 is 0 Å². The summed E-state index contributed by atoms with van der Waals surface area (Å²) in [5.41, 5.74) is 2.32. The van der Waals surface area contributed by atoms with E-state index in [0.717, 1.165) is 25.7 Å². The predicted molar refractivity (Wildman–Crippen MR) is 100 cm³/mol. The first-order chi connectivity index (χ1) is 11.7. The first-order valence-electron chi connectivity index (χ1n) is 9.90. The van der Waals surface area contributed by atoms with Gasteiger partial charge in [-0.25, -0.2) is 0 Å². The van der Waals surface area contributed by atoms with Gasteiger partial charge in [-0.1, -0.05) is 37.1 Å². The molecule has 3 heteroatoms. The average Bonchev–Trinajstić information content (AvgIpc) is 2.88. The van der Waals surface area contributed by atoms with Gasteiger partial charge >= 0.3 is 5.97 Å². The molecule has 0 aromatic carbocycles. The van der Waals surface area contributed by atoms with Crippen molar-refractivity contribution in [2.45, 2.75) is 85.0 Å². The summed E-state index contributed by atoms with van der Waals surface area (Å²) in [6.45, 7) is 12.7. The van der Waals surface area contributed by atoms with Crippen molar-refractivity contribution >= 4 is 5.97 Å². The standard InChI is InChI=1S/C22H34O3/c1-13(2)17-10-9-15(4)19-18-12-14(3)8-7-11-22(6,25-16(5)23)21(24-18)20(17)19/h8-9,13,17-21H,7,10-12H2,1-6H3/t17-,18-,19-,20-,21-,22-/m1/s1. The first kappa shape index (κ1) is 18.7. The number of hydrogen-bond donors (Lipinski definition) is 0. The van der Waals surface area contributed by atoms with E-state index in [-0.39, 0.29) is 18.2 Å². The molecule has 3 aliphatic rings. The van der Waals surface area contributed by atoms with Crippen molar-refractivity contribution in [3.05, 3.63) is 23.3 Å². The molecule has 140 valence electrons. The van der Waals surface area contributed by atoms with Crippen LogP contribution in [-0.2, 0) is 14.3 Å². The Labute approximate surface area is 152 Å². The smallest absolute Gasteiger partial charge is 0.303 e. The van der Waals surface area contributed by atoms with Crippen molar-refractivity contribution in [2.75, 3.05) is 0 Å². The third-order valence-electron chi connectivity index (χ3n) is 6.71. The maximum Gasteiger partial charge on any atom is 0.303 e. The van der Waals surface area contributed by atoms with E-state index in [1.54, 1.807) is 0 Å². The zero-order chi connectivity index (χ0) is 18.4. The van der Waals surface area contributed by atoms with Crippen molar-refractivity contribution in [1.82, 2.24) is 0 Å². The number of carbonyl (C=O) groups excluding carboxylic acids is 1. The number of allylic oxidation sites excluding steroid dienone is 2. The van der Waals surface area contributed by atoms with Gasteiger partial charge in [-0.05, 0) is 58.3 Å². The molecule has 0 spiro atoms. The van der Waals surface area contributed by atoms with Crippen LogP contribution in [0.2, 0.25) is 0 Å². The maximum atomic E-state index is 11.9. The Hall–Kier alpha value is -1.09. The fraction of sp³-hybridized carbons (Fsp3) is 0.773. The molecule has 0 aromatic heterocycles. The lowest BCUT2D eigenvalue weighted by molar-refractivity contribution is -0.178. The van der Waals surface area contributed by atoms with E-state index >= 15 is 0 Å². The van der Waals surface area contributed by atoms with Gasteiger partial charge in [0.05, 0.1) is 6.10 Å². The number of carbonyl (C=O) groups is 1. The second-order valence-electron chi connectivity index (χ2n) is 8.99. The third kappa shape index (κ3) is 3.45. The van der Waals surface area contributed by atoms with Gasteiger partial charge in [0.1, 0.15) is 11.7 Å². The van der Waals surface area contributed by atoms with Gasteiger partial charge in [-0.2, -0.15) is 0 Å². The van der Waals surface area contributed by atoms with Crippen LogP contribution in [0.15, 0.2) is 23.3 Å². The minimum atomic E-state index is -0.546. The van der Waals surface area contributed by atoms with E-state index in [1.807, 2.05) is 0 Å². The molecule has 2 heterocycles. The summed E-state index contributed by atoms with van der Waals surface area (Å²) >= 11 is 0. The summed E-state index contributed by atoms with van der Waals surface area (Å²) in [6.07, 6.45) is 8.81. The third-order valence-corrected chi connectivity index (χ3v) is 6.71. The number of rotatable bonds is 2. The monoisotopic (exact) mass is 346 g/mol. The van der Waals surface area contributed by atoms with E-state index in [4.69, 9.17) is 9.47 Å². The highest BCUT2D eigenvalue weighted by atomic mass is 16.6. The molecule has 1 aliphatic carbocycles. The van der Waals surface area contributed by atoms with E-state index in [1.165, 1.54) is 18.1 Å². The van der Waals surface area contributed by atoms with Crippen LogP contribution in [0.25, 0.3) is 0 Å². The van der Waals surface area contributed by atoms with Gasteiger partial charge in [0.15, 0.2) is 0 Å². The Morgan fingerprint density at radius 3 is 2.68 bits per heavy atom. The molecule has 2 aliphatic heterocycles. The molecule has 1 saturated heterocycles. The molecule has 3 nitrogen and oxygen atoms in total. The molecule has 1 fully saturated rings. The molecule has 0 unspecified atom stereocenters. The summed E-state index contributed by atoms with van der Waals surface area (Å²) in [7, 11) is 0. The second-order valence-corrected chi connectivity index (χ2v) is 8.99. The van der Waals surface area contributed by atoms with Crippen LogP contribution in [0.1, 0.15) is 67.2 Å². The first-order valence-corrected chi connectivity index (χ1v) is 9.90. The Morgan fingerprint density at radius 1 is 1.32 bits per heavy atom. The van der Waals surface area contributed by atoms with Crippen molar-refractivity contribution in [1.29, 1.82) is 0 Å². The van der Waals surface area contributed by atoms with Crippen LogP contribution in [0.4, 0.5) is 0 Å². The summed E-state index contributed by atoms with van der Waals surface area (Å²) < 4.78 is 12.6. The van der Waals surface area contributed by atoms with Crippen LogP contribution >= 0.6 is 0 Å². The molecule has 0 aromatic rings. The zero-order valence-electron chi connectivity index (χ0n) is 16.7. The fourth-order valence-corrected chi connectivity index (χ4v) is 5.53. The minimum absolute atomic E-state index is 0.0123. The summed E-state index contributed by atoms with van der Waals surface area (Å²) in [5, 5.41) is 0. The van der Waals surface area contributed by atoms with E-state index < -0.39 is 5.60 Å². The number of ether oxygens (including phenoxy) is 2. The molecule has 3 rings (SSSR count). The largest absolute Gasteiger partial charge is 0.457 e. The second kappa shape index (κ2) is 6.90. The van der Waals surface area contributed by atoms with Crippen LogP contribution in [0.3, 0.4) is 0 Å². The van der Waals surface area contributed by atoms with Crippen molar-refractivity contribution in [3.63, 3.8) is 0 Å². The molecule has 2 bridgehead atoms.